The predicted octanol–water partition coefficient (Wildman–Crippen LogP) is 2.94. The second-order valence-electron chi connectivity index (χ2n) is 3.00. The summed E-state index contributed by atoms with van der Waals surface area (Å²) in [6.45, 7) is 0. The van der Waals surface area contributed by atoms with Gasteiger partial charge in [0.1, 0.15) is 0 Å². The van der Waals surface area contributed by atoms with Crippen LogP contribution in [0.1, 0.15) is 0 Å². The molecule has 0 heterocycles. The fourth-order valence-corrected chi connectivity index (χ4v) is 0. The molecule has 0 bridgehead atoms. The summed E-state index contributed by atoms with van der Waals surface area (Å²) in [5.74, 6) is 14.0. The molecule has 0 spiro atoms. The zero-order valence-corrected chi connectivity index (χ0v) is 15.2. The van der Waals surface area contributed by atoms with Gasteiger partial charge in [-0.05, 0) is 0 Å². The van der Waals surface area contributed by atoms with Crippen molar-refractivity contribution in [1.29, 1.82) is 0 Å². The molecule has 62 valence electrons. The van der Waals surface area contributed by atoms with E-state index in [2.05, 4.69) is 39.4 Å². The summed E-state index contributed by atoms with van der Waals surface area (Å²) >= 11 is 1.08. The Morgan fingerprint density at radius 3 is 0.600 bits per heavy atom. The van der Waals surface area contributed by atoms with Crippen molar-refractivity contribution in [3.05, 3.63) is 0 Å². The van der Waals surface area contributed by atoms with E-state index in [4.69, 9.17) is 0 Å². The zero-order valence-electron chi connectivity index (χ0n) is 8.45. The summed E-state index contributed by atoms with van der Waals surface area (Å²) in [6, 6.07) is 0. The molecule has 0 aromatic heterocycles. The minimum atomic E-state index is -0.333. The number of rotatable bonds is 0. The van der Waals surface area contributed by atoms with E-state index in [9.17, 15) is 0 Å². The molecule has 0 aliphatic rings. The van der Waals surface area contributed by atoms with E-state index in [0.717, 1.165) is 0 Å². The number of hydrogen-bond donors (Lipinski definition) is 0. The van der Waals surface area contributed by atoms with Gasteiger partial charge in [0, 0.05) is 0 Å². The van der Waals surface area contributed by atoms with Crippen molar-refractivity contribution in [2.24, 2.45) is 0 Å². The van der Waals surface area contributed by atoms with E-state index in [0.29, 0.717) is 0 Å². The molecule has 0 aromatic rings. The third-order valence-electron chi connectivity index (χ3n) is 0. The molecule has 0 aliphatic carbocycles. The standard InChI is InChI=1S/2C3H9Ge.CH3.Sb/c2*1-4(2)3;;/h2*1-3H3;1H3;. The normalized spacial score (nSPS) is 7.80. The molecule has 0 fully saturated rings. The molecule has 0 amide bonds. The van der Waals surface area contributed by atoms with Gasteiger partial charge in [-0.3, -0.25) is 0 Å². The van der Waals surface area contributed by atoms with Crippen LogP contribution < -0.4 is 0 Å². The molecule has 0 rings (SSSR count). The minimum absolute atomic E-state index is 0.333. The Hall–Kier alpha value is 1.90. The quantitative estimate of drug-likeness (QED) is 0.574. The summed E-state index contributed by atoms with van der Waals surface area (Å²) in [4.78, 5) is 2.05. The summed E-state index contributed by atoms with van der Waals surface area (Å²) < 4.78 is 0. The van der Waals surface area contributed by atoms with Crippen LogP contribution in [0.15, 0.2) is 0 Å². The summed E-state index contributed by atoms with van der Waals surface area (Å²) in [5, 5.41) is 0. The summed E-state index contributed by atoms with van der Waals surface area (Å²) in [6.07, 6.45) is 0. The molecule has 4 radical (unpaired) electrons. The van der Waals surface area contributed by atoms with Crippen LogP contribution in [0.2, 0.25) is 39.4 Å². The molecule has 10 heavy (non-hydrogen) atoms. The van der Waals surface area contributed by atoms with Crippen LogP contribution in [0, 0.1) is 0 Å². The summed E-state index contributed by atoms with van der Waals surface area (Å²) in [5.41, 5.74) is 0. The molecule has 0 unspecified atom stereocenters. The van der Waals surface area contributed by atoms with E-state index in [1.54, 1.807) is 23.0 Å². The van der Waals surface area contributed by atoms with Crippen molar-refractivity contribution in [2.75, 3.05) is 0 Å². The van der Waals surface area contributed by atoms with Gasteiger partial charge in [0.05, 0.1) is 0 Å². The first-order chi connectivity index (χ1) is 4.46. The maximum absolute atomic E-state index is 2.33. The van der Waals surface area contributed by atoms with Gasteiger partial charge in [0.25, 0.3) is 0 Å². The van der Waals surface area contributed by atoms with Gasteiger partial charge in [-0.1, -0.05) is 0 Å². The average molecular weight is 372 g/mol. The van der Waals surface area contributed by atoms with Crippen LogP contribution in [-0.2, 0) is 0 Å². The monoisotopic (exact) mass is 374 g/mol. The second-order valence-corrected chi connectivity index (χ2v) is 15.6. The van der Waals surface area contributed by atoms with Gasteiger partial charge in [-0.2, -0.15) is 0 Å². The Labute approximate surface area is 90.2 Å². The van der Waals surface area contributed by atoms with Gasteiger partial charge >= 0.3 is 91.1 Å². The van der Waals surface area contributed by atoms with E-state index in [-0.39, 0.29) is 28.7 Å². The van der Waals surface area contributed by atoms with E-state index < -0.39 is 0 Å². The Morgan fingerprint density at radius 2 is 0.600 bits per heavy atom. The van der Waals surface area contributed by atoms with Gasteiger partial charge in [-0.15, -0.1) is 0 Å². The molecule has 0 nitrogen and oxygen atoms in total. The molecule has 0 saturated carbocycles. The van der Waals surface area contributed by atoms with Crippen molar-refractivity contribution >= 4 is 51.7 Å². The van der Waals surface area contributed by atoms with Crippen molar-refractivity contribution in [2.45, 2.75) is 39.4 Å². The van der Waals surface area contributed by atoms with Gasteiger partial charge in [0.2, 0.25) is 0 Å². The van der Waals surface area contributed by atoms with E-state index in [1.807, 2.05) is 0 Å². The first-order valence-corrected chi connectivity index (χ1v) is 18.6. The predicted molar refractivity (Wildman–Crippen MR) is 58.3 cm³/mol. The molecule has 0 N–H and O–H groups in total. The van der Waals surface area contributed by atoms with Crippen molar-refractivity contribution < 1.29 is 0 Å². The molecule has 0 atom stereocenters. The van der Waals surface area contributed by atoms with Crippen molar-refractivity contribution in [3.63, 3.8) is 0 Å². The zero-order chi connectivity index (χ0) is 9.15. The Bertz CT molecular complexity index is 27.1. The van der Waals surface area contributed by atoms with Crippen LogP contribution in [-0.4, -0.2) is 51.7 Å². The molecular formula is C7H21Ge2Sb. The van der Waals surface area contributed by atoms with E-state index in [1.165, 1.54) is 0 Å². The SMILES string of the molecule is [CH3][Ge]([CH3])[CH3].[CH3][Ge]([CH3])[CH3].[CH3][Sb]. The fraction of sp³-hybridized carbons (Fsp3) is 1.00. The Balaban J connectivity index is -0.0000000787. The second kappa shape index (κ2) is 17.1. The third kappa shape index (κ3) is 217. The third-order valence-corrected chi connectivity index (χ3v) is 0. The van der Waals surface area contributed by atoms with Crippen molar-refractivity contribution in [1.82, 2.24) is 0 Å². The van der Waals surface area contributed by atoms with Crippen LogP contribution in [0.4, 0.5) is 0 Å². The molecule has 3 heteroatoms. The van der Waals surface area contributed by atoms with Crippen molar-refractivity contribution in [3.8, 4) is 0 Å². The average Bonchev–Trinajstić information content (AvgIpc) is 1.66. The summed E-state index contributed by atoms with van der Waals surface area (Å²) in [7, 11) is 0. The van der Waals surface area contributed by atoms with Crippen LogP contribution in [0.5, 0.6) is 0 Å². The molecular weight excluding hydrogens is 351 g/mol. The van der Waals surface area contributed by atoms with E-state index >= 15 is 0 Å². The maximum atomic E-state index is 2.33. The first-order valence-electron chi connectivity index (χ1n) is 3.45. The topological polar surface area (TPSA) is 0 Å². The molecule has 0 aromatic carbocycles. The van der Waals surface area contributed by atoms with Gasteiger partial charge < -0.3 is 0 Å². The van der Waals surface area contributed by atoms with Gasteiger partial charge in [0.15, 0.2) is 0 Å². The number of hydrogen-bond acceptors (Lipinski definition) is 0. The van der Waals surface area contributed by atoms with Crippen LogP contribution in [0.3, 0.4) is 0 Å². The molecule has 0 aliphatic heterocycles. The molecule has 0 saturated heterocycles. The Kier molecular flexibility index (Phi) is 30.6. The fourth-order valence-electron chi connectivity index (χ4n) is 0. The van der Waals surface area contributed by atoms with Gasteiger partial charge in [-0.25, -0.2) is 0 Å². The van der Waals surface area contributed by atoms with Crippen LogP contribution in [0.25, 0.3) is 0 Å². The van der Waals surface area contributed by atoms with Crippen LogP contribution >= 0.6 is 0 Å². The Morgan fingerprint density at radius 1 is 0.600 bits per heavy atom. The first kappa shape index (κ1) is 17.9.